The van der Waals surface area contributed by atoms with Gasteiger partial charge in [0, 0.05) is 41.9 Å². The molecule has 3 aromatic heterocycles. The fraction of sp³-hybridized carbons (Fsp3) is 0.0500. The van der Waals surface area contributed by atoms with Gasteiger partial charge in [0.15, 0.2) is 0 Å². The van der Waals surface area contributed by atoms with Gasteiger partial charge in [0.2, 0.25) is 10.0 Å². The van der Waals surface area contributed by atoms with Gasteiger partial charge in [-0.15, -0.1) is 0 Å². The molecule has 27 heavy (non-hydrogen) atoms. The van der Waals surface area contributed by atoms with E-state index in [9.17, 15) is 8.42 Å². The van der Waals surface area contributed by atoms with Crippen LogP contribution in [0, 0.1) is 6.92 Å². The molecule has 134 valence electrons. The largest absolute Gasteiger partial charge is 0.265 e. The molecule has 1 aromatic carbocycles. The van der Waals surface area contributed by atoms with Crippen molar-refractivity contribution in [1.82, 2.24) is 15.0 Å². The minimum Gasteiger partial charge on any atom is -0.265 e. The van der Waals surface area contributed by atoms with E-state index in [4.69, 9.17) is 5.14 Å². The van der Waals surface area contributed by atoms with Crippen molar-refractivity contribution < 1.29 is 8.42 Å². The molecule has 3 heterocycles. The lowest BCUT2D eigenvalue weighted by Crippen LogP contribution is -2.12. The van der Waals surface area contributed by atoms with Crippen LogP contribution in [0.2, 0.25) is 0 Å². The van der Waals surface area contributed by atoms with E-state index in [2.05, 4.69) is 15.0 Å². The Hall–Kier alpha value is -3.16. The van der Waals surface area contributed by atoms with Crippen LogP contribution in [0.4, 0.5) is 0 Å². The molecule has 0 bridgehead atoms. The molecule has 0 spiro atoms. The van der Waals surface area contributed by atoms with E-state index < -0.39 is 10.0 Å². The van der Waals surface area contributed by atoms with Crippen molar-refractivity contribution in [2.75, 3.05) is 0 Å². The van der Waals surface area contributed by atoms with Gasteiger partial charge in [-0.25, -0.2) is 13.6 Å². The van der Waals surface area contributed by atoms with Crippen LogP contribution in [0.25, 0.3) is 33.2 Å². The second-order valence-electron chi connectivity index (χ2n) is 6.23. The molecule has 0 amide bonds. The third-order valence-electron chi connectivity index (χ3n) is 4.43. The quantitative estimate of drug-likeness (QED) is 0.591. The average Bonchev–Trinajstić information content (AvgIpc) is 2.67. The molecule has 0 aliphatic carbocycles. The minimum atomic E-state index is -3.82. The number of fused-ring (bicyclic) bond motifs is 1. The van der Waals surface area contributed by atoms with Crippen LogP contribution >= 0.6 is 0 Å². The van der Waals surface area contributed by atoms with Crippen molar-refractivity contribution in [3.63, 3.8) is 0 Å². The minimum absolute atomic E-state index is 0.0139. The van der Waals surface area contributed by atoms with Crippen molar-refractivity contribution >= 4 is 20.9 Å². The molecule has 0 aliphatic heterocycles. The predicted octanol–water partition coefficient (Wildman–Crippen LogP) is 3.31. The summed E-state index contributed by atoms with van der Waals surface area (Å²) in [6.45, 7) is 1.96. The predicted molar refractivity (Wildman–Crippen MR) is 104 cm³/mol. The molecular weight excluding hydrogens is 360 g/mol. The zero-order chi connectivity index (χ0) is 19.0. The van der Waals surface area contributed by atoms with Gasteiger partial charge in [-0.05, 0) is 65.6 Å². The number of pyridine rings is 3. The molecule has 4 rings (SSSR count). The summed E-state index contributed by atoms with van der Waals surface area (Å²) in [6.07, 6.45) is 8.15. The Morgan fingerprint density at radius 3 is 2.37 bits per heavy atom. The second-order valence-corrected chi connectivity index (χ2v) is 7.79. The lowest BCUT2D eigenvalue weighted by Gasteiger charge is -2.12. The van der Waals surface area contributed by atoms with Crippen LogP contribution in [0.5, 0.6) is 0 Å². The van der Waals surface area contributed by atoms with Gasteiger partial charge in [0.05, 0.1) is 5.52 Å². The number of nitrogens with two attached hydrogens (primary N) is 1. The number of aryl methyl sites for hydroxylation is 1. The number of benzene rings is 1. The van der Waals surface area contributed by atoms with E-state index in [0.29, 0.717) is 5.56 Å². The summed E-state index contributed by atoms with van der Waals surface area (Å²) in [7, 11) is -3.82. The third-order valence-corrected chi connectivity index (χ3v) is 5.31. The van der Waals surface area contributed by atoms with E-state index in [1.807, 2.05) is 37.3 Å². The first-order valence-electron chi connectivity index (χ1n) is 8.21. The van der Waals surface area contributed by atoms with Crippen LogP contribution in [-0.4, -0.2) is 23.4 Å². The fourth-order valence-corrected chi connectivity index (χ4v) is 3.61. The van der Waals surface area contributed by atoms with Gasteiger partial charge in [0.25, 0.3) is 0 Å². The molecule has 0 unspecified atom stereocenters. The third kappa shape index (κ3) is 3.30. The van der Waals surface area contributed by atoms with Gasteiger partial charge < -0.3 is 0 Å². The zero-order valence-electron chi connectivity index (χ0n) is 14.5. The highest BCUT2D eigenvalue weighted by Crippen LogP contribution is 2.33. The number of hydrogen-bond donors (Lipinski definition) is 1. The number of rotatable bonds is 3. The SMILES string of the molecule is Cc1cc2nccc(-c3ccncc3)c2cc1-c1cncc(S(N)(=O)=O)c1. The van der Waals surface area contributed by atoms with Gasteiger partial charge in [-0.1, -0.05) is 0 Å². The second kappa shape index (κ2) is 6.53. The number of aromatic nitrogens is 3. The topological polar surface area (TPSA) is 98.8 Å². The fourth-order valence-electron chi connectivity index (χ4n) is 3.11. The molecule has 0 radical (unpaired) electrons. The number of hydrogen-bond acceptors (Lipinski definition) is 5. The van der Waals surface area contributed by atoms with E-state index in [1.165, 1.54) is 6.20 Å². The molecule has 4 aromatic rings. The Morgan fingerprint density at radius 1 is 0.852 bits per heavy atom. The summed E-state index contributed by atoms with van der Waals surface area (Å²) in [4.78, 5) is 12.6. The Bertz CT molecular complexity index is 1260. The number of primary sulfonamides is 1. The van der Waals surface area contributed by atoms with Crippen LogP contribution in [0.1, 0.15) is 5.56 Å². The lowest BCUT2D eigenvalue weighted by atomic mass is 9.95. The highest BCUT2D eigenvalue weighted by atomic mass is 32.2. The summed E-state index contributed by atoms with van der Waals surface area (Å²) in [6, 6.07) is 11.4. The monoisotopic (exact) mass is 376 g/mol. The standard InChI is InChI=1S/C20H16N4O2S/c1-13-8-20-19(17(4-7-24-20)14-2-5-22-6-3-14)10-18(13)15-9-16(12-23-11-15)27(21,25)26/h2-12H,1H3,(H2,21,25,26). The number of nitrogens with zero attached hydrogens (tertiary/aromatic N) is 3. The molecule has 2 N–H and O–H groups in total. The molecule has 6 nitrogen and oxygen atoms in total. The van der Waals surface area contributed by atoms with Crippen molar-refractivity contribution in [1.29, 1.82) is 0 Å². The van der Waals surface area contributed by atoms with Crippen molar-refractivity contribution in [3.8, 4) is 22.3 Å². The van der Waals surface area contributed by atoms with Gasteiger partial charge in [-0.2, -0.15) is 0 Å². The zero-order valence-corrected chi connectivity index (χ0v) is 15.3. The highest BCUT2D eigenvalue weighted by molar-refractivity contribution is 7.89. The highest BCUT2D eigenvalue weighted by Gasteiger charge is 2.13. The molecule has 0 fully saturated rings. The Labute approximate surface area is 156 Å². The summed E-state index contributed by atoms with van der Waals surface area (Å²) >= 11 is 0. The Kier molecular flexibility index (Phi) is 4.18. The van der Waals surface area contributed by atoms with Gasteiger partial charge in [0.1, 0.15) is 4.90 Å². The molecule has 0 saturated carbocycles. The van der Waals surface area contributed by atoms with Crippen LogP contribution in [0.3, 0.4) is 0 Å². The van der Waals surface area contributed by atoms with Crippen molar-refractivity contribution in [3.05, 3.63) is 72.9 Å². The summed E-state index contributed by atoms with van der Waals surface area (Å²) in [5.41, 5.74) is 5.45. The molecular formula is C20H16N4O2S. The number of sulfonamides is 1. The van der Waals surface area contributed by atoms with Crippen LogP contribution in [0.15, 0.2) is 72.3 Å². The maximum Gasteiger partial charge on any atom is 0.239 e. The van der Waals surface area contributed by atoms with E-state index in [1.54, 1.807) is 30.9 Å². The first-order chi connectivity index (χ1) is 12.9. The van der Waals surface area contributed by atoms with E-state index in [-0.39, 0.29) is 4.90 Å². The Balaban J connectivity index is 1.97. The normalized spacial score (nSPS) is 11.6. The first kappa shape index (κ1) is 17.3. The van der Waals surface area contributed by atoms with E-state index >= 15 is 0 Å². The average molecular weight is 376 g/mol. The van der Waals surface area contributed by atoms with Crippen LogP contribution < -0.4 is 5.14 Å². The summed E-state index contributed by atoms with van der Waals surface area (Å²) in [5, 5.41) is 6.21. The molecule has 0 atom stereocenters. The summed E-state index contributed by atoms with van der Waals surface area (Å²) < 4.78 is 23.3. The summed E-state index contributed by atoms with van der Waals surface area (Å²) in [5.74, 6) is 0. The Morgan fingerprint density at radius 2 is 1.63 bits per heavy atom. The first-order valence-corrected chi connectivity index (χ1v) is 9.76. The van der Waals surface area contributed by atoms with Gasteiger partial charge in [-0.3, -0.25) is 15.0 Å². The van der Waals surface area contributed by atoms with E-state index in [0.717, 1.165) is 33.2 Å². The van der Waals surface area contributed by atoms with Crippen molar-refractivity contribution in [2.24, 2.45) is 5.14 Å². The lowest BCUT2D eigenvalue weighted by molar-refractivity contribution is 0.597. The smallest absolute Gasteiger partial charge is 0.239 e. The maximum absolute atomic E-state index is 11.7. The van der Waals surface area contributed by atoms with Crippen molar-refractivity contribution in [2.45, 2.75) is 11.8 Å². The van der Waals surface area contributed by atoms with Crippen LogP contribution in [-0.2, 0) is 10.0 Å². The molecule has 0 aliphatic rings. The molecule has 7 heteroatoms. The molecule has 0 saturated heterocycles. The maximum atomic E-state index is 11.7. The van der Waals surface area contributed by atoms with Gasteiger partial charge >= 0.3 is 0 Å².